The van der Waals surface area contributed by atoms with Gasteiger partial charge in [0, 0.05) is 43.0 Å². The van der Waals surface area contributed by atoms with Gasteiger partial charge < -0.3 is 19.9 Å². The number of halogens is 3. The van der Waals surface area contributed by atoms with Gasteiger partial charge in [-0.05, 0) is 32.1 Å². The maximum absolute atomic E-state index is 13.9. The number of nitrogens with zero attached hydrogens (tertiary/aromatic N) is 2. The number of carbonyl (C=O) groups is 2. The first-order valence-electron chi connectivity index (χ1n) is 10.4. The molecular formula is C22H20F3N3O4. The van der Waals surface area contributed by atoms with Crippen LogP contribution in [-0.4, -0.2) is 39.0 Å². The molecule has 2 aliphatic heterocycles. The second kappa shape index (κ2) is 6.85. The minimum Gasteiger partial charge on any atom is -0.503 e. The Labute approximate surface area is 180 Å². The minimum atomic E-state index is -1.18. The molecule has 1 spiro atoms. The molecule has 3 aliphatic rings. The molecule has 2 aromatic rings. The molecule has 2 bridgehead atoms. The first-order valence-corrected chi connectivity index (χ1v) is 10.4. The summed E-state index contributed by atoms with van der Waals surface area (Å²) in [6, 6.07) is 0.945. The van der Waals surface area contributed by atoms with Crippen molar-refractivity contribution < 1.29 is 27.9 Å². The van der Waals surface area contributed by atoms with E-state index in [1.807, 2.05) is 6.92 Å². The number of hydrogen-bond acceptors (Lipinski definition) is 4. The van der Waals surface area contributed by atoms with Crippen molar-refractivity contribution in [3.8, 4) is 5.75 Å². The molecule has 2 N–H and O–H groups in total. The zero-order valence-electron chi connectivity index (χ0n) is 17.1. The summed E-state index contributed by atoms with van der Waals surface area (Å²) in [4.78, 5) is 40.1. The molecule has 3 heterocycles. The Bertz CT molecular complexity index is 1220. The van der Waals surface area contributed by atoms with Crippen LogP contribution in [0, 0.1) is 23.4 Å². The van der Waals surface area contributed by atoms with Gasteiger partial charge in [0.25, 0.3) is 11.8 Å². The third kappa shape index (κ3) is 2.85. The van der Waals surface area contributed by atoms with Crippen molar-refractivity contribution in [2.45, 2.75) is 44.3 Å². The van der Waals surface area contributed by atoms with Crippen LogP contribution in [0.15, 0.2) is 23.1 Å². The number of aromatic nitrogens is 1. The number of benzene rings is 1. The van der Waals surface area contributed by atoms with Gasteiger partial charge in [-0.3, -0.25) is 14.4 Å². The number of fused-ring (bicyclic) bond motifs is 2. The second-order valence-electron chi connectivity index (χ2n) is 8.83. The molecule has 1 saturated heterocycles. The van der Waals surface area contributed by atoms with Gasteiger partial charge in [0.2, 0.25) is 5.43 Å². The number of nitrogens with one attached hydrogen (secondary N) is 1. The van der Waals surface area contributed by atoms with Crippen molar-refractivity contribution in [3.05, 3.63) is 62.8 Å². The molecule has 3 atom stereocenters. The Hall–Kier alpha value is -3.30. The molecule has 2 fully saturated rings. The Kier molecular flexibility index (Phi) is 4.41. The smallest absolute Gasteiger partial charge is 0.274 e. The molecule has 168 valence electrons. The quantitative estimate of drug-likeness (QED) is 0.755. The highest BCUT2D eigenvalue weighted by atomic mass is 19.1. The lowest BCUT2D eigenvalue weighted by molar-refractivity contribution is 0.0571. The Morgan fingerprint density at radius 1 is 1.22 bits per heavy atom. The third-order valence-corrected chi connectivity index (χ3v) is 7.01. The van der Waals surface area contributed by atoms with E-state index in [0.29, 0.717) is 18.7 Å². The summed E-state index contributed by atoms with van der Waals surface area (Å²) < 4.78 is 42.4. The zero-order chi connectivity index (χ0) is 22.9. The molecule has 7 nitrogen and oxygen atoms in total. The predicted octanol–water partition coefficient (Wildman–Crippen LogP) is 2.25. The van der Waals surface area contributed by atoms with Gasteiger partial charge in [0.05, 0.1) is 5.54 Å². The number of hydrogen-bond donors (Lipinski definition) is 2. The average Bonchev–Trinajstić information content (AvgIpc) is 3.44. The van der Waals surface area contributed by atoms with Crippen molar-refractivity contribution in [1.29, 1.82) is 0 Å². The van der Waals surface area contributed by atoms with Gasteiger partial charge in [-0.2, -0.15) is 0 Å². The summed E-state index contributed by atoms with van der Waals surface area (Å²) in [5.74, 6) is -5.44. The van der Waals surface area contributed by atoms with E-state index in [1.54, 1.807) is 9.47 Å². The number of aromatic hydroxyl groups is 1. The van der Waals surface area contributed by atoms with Crippen LogP contribution in [0.25, 0.3) is 0 Å². The topological polar surface area (TPSA) is 91.6 Å². The first-order chi connectivity index (χ1) is 15.1. The van der Waals surface area contributed by atoms with Crippen LogP contribution >= 0.6 is 0 Å². The van der Waals surface area contributed by atoms with E-state index in [4.69, 9.17) is 0 Å². The molecule has 1 aromatic carbocycles. The molecule has 10 heteroatoms. The van der Waals surface area contributed by atoms with Crippen LogP contribution in [0.2, 0.25) is 0 Å². The van der Waals surface area contributed by atoms with Crippen LogP contribution in [0.1, 0.15) is 52.6 Å². The Balaban J connectivity index is 1.51. The largest absolute Gasteiger partial charge is 0.503 e. The number of amides is 2. The summed E-state index contributed by atoms with van der Waals surface area (Å²) >= 11 is 0. The number of pyridine rings is 1. The highest BCUT2D eigenvalue weighted by Gasteiger charge is 2.62. The summed E-state index contributed by atoms with van der Waals surface area (Å²) in [6.07, 6.45) is 3.70. The molecule has 0 radical (unpaired) electrons. The van der Waals surface area contributed by atoms with Crippen LogP contribution in [-0.2, 0) is 12.1 Å². The maximum atomic E-state index is 13.9. The lowest BCUT2D eigenvalue weighted by Crippen LogP contribution is -2.51. The van der Waals surface area contributed by atoms with E-state index in [2.05, 4.69) is 5.32 Å². The van der Waals surface area contributed by atoms with E-state index in [0.717, 1.165) is 19.3 Å². The fraction of sp³-hybridized carbons (Fsp3) is 0.409. The second-order valence-corrected chi connectivity index (χ2v) is 8.83. The Morgan fingerprint density at radius 2 is 1.91 bits per heavy atom. The molecule has 3 unspecified atom stereocenters. The Morgan fingerprint density at radius 3 is 2.59 bits per heavy atom. The average molecular weight is 447 g/mol. The number of carbonyl (C=O) groups excluding carboxylic acids is 2. The van der Waals surface area contributed by atoms with Gasteiger partial charge >= 0.3 is 0 Å². The van der Waals surface area contributed by atoms with Gasteiger partial charge in [-0.15, -0.1) is 0 Å². The highest BCUT2D eigenvalue weighted by Crippen LogP contribution is 2.58. The lowest BCUT2D eigenvalue weighted by Gasteiger charge is -2.39. The van der Waals surface area contributed by atoms with Crippen molar-refractivity contribution in [2.75, 3.05) is 6.54 Å². The monoisotopic (exact) mass is 447 g/mol. The van der Waals surface area contributed by atoms with Crippen molar-refractivity contribution >= 4 is 11.8 Å². The highest BCUT2D eigenvalue weighted by molar-refractivity contribution is 5.99. The summed E-state index contributed by atoms with van der Waals surface area (Å²) in [5.41, 5.74) is -2.66. The zero-order valence-corrected chi connectivity index (χ0v) is 17.1. The molecule has 1 aliphatic carbocycles. The van der Waals surface area contributed by atoms with Crippen LogP contribution in [0.4, 0.5) is 13.2 Å². The van der Waals surface area contributed by atoms with Crippen molar-refractivity contribution in [3.63, 3.8) is 0 Å². The minimum absolute atomic E-state index is 0.0288. The normalized spacial score (nSPS) is 25.6. The lowest BCUT2D eigenvalue weighted by atomic mass is 10.0. The van der Waals surface area contributed by atoms with Gasteiger partial charge in [0.15, 0.2) is 11.4 Å². The molecule has 32 heavy (non-hydrogen) atoms. The van der Waals surface area contributed by atoms with Crippen molar-refractivity contribution in [2.24, 2.45) is 5.92 Å². The van der Waals surface area contributed by atoms with Crippen molar-refractivity contribution in [1.82, 2.24) is 14.8 Å². The summed E-state index contributed by atoms with van der Waals surface area (Å²) in [7, 11) is 0. The van der Waals surface area contributed by atoms with Crippen LogP contribution < -0.4 is 10.7 Å². The predicted molar refractivity (Wildman–Crippen MR) is 106 cm³/mol. The fourth-order valence-electron chi connectivity index (χ4n) is 5.08. The summed E-state index contributed by atoms with van der Waals surface area (Å²) in [6.45, 7) is 1.73. The van der Waals surface area contributed by atoms with E-state index in [9.17, 15) is 32.7 Å². The number of rotatable bonds is 3. The van der Waals surface area contributed by atoms with E-state index in [-0.39, 0.29) is 17.7 Å². The van der Waals surface area contributed by atoms with Crippen LogP contribution in [0.5, 0.6) is 5.75 Å². The third-order valence-electron chi connectivity index (χ3n) is 7.01. The molecule has 1 aromatic heterocycles. The molecule has 1 saturated carbocycles. The molecular weight excluding hydrogens is 427 g/mol. The molecule has 2 amide bonds. The first kappa shape index (κ1) is 20.6. The standard InChI is InChI=1S/C22H20F3N3O4/c1-10-2-3-11-6-22(11)9-27(10)21(32)17-19(30)18(29)14(8-28(17)22)20(31)26-7-13-15(24)4-12(23)5-16(13)25/h4-5,8,10-11,30H,2-3,6-7,9H2,1H3,(H,26,31). The van der Waals surface area contributed by atoms with Gasteiger partial charge in [0.1, 0.15) is 23.0 Å². The molecule has 5 rings (SSSR count). The van der Waals surface area contributed by atoms with Gasteiger partial charge in [-0.25, -0.2) is 13.2 Å². The SMILES string of the molecule is CC1CCC2CC23CN1C(=O)c1c(O)c(=O)c(C(=O)NCc2c(F)cc(F)cc2F)cn13. The maximum Gasteiger partial charge on any atom is 0.274 e. The van der Waals surface area contributed by atoms with E-state index >= 15 is 0 Å². The van der Waals surface area contributed by atoms with E-state index in [1.165, 1.54) is 6.20 Å². The van der Waals surface area contributed by atoms with Crippen LogP contribution in [0.3, 0.4) is 0 Å². The fourth-order valence-corrected chi connectivity index (χ4v) is 5.08. The summed E-state index contributed by atoms with van der Waals surface area (Å²) in [5, 5.41) is 12.8. The van der Waals surface area contributed by atoms with Gasteiger partial charge in [-0.1, -0.05) is 0 Å². The van der Waals surface area contributed by atoms with E-state index < -0.39 is 63.7 Å².